The predicted octanol–water partition coefficient (Wildman–Crippen LogP) is -0.181. The highest BCUT2D eigenvalue weighted by Gasteiger charge is 2.27. The van der Waals surface area contributed by atoms with Gasteiger partial charge in [0, 0.05) is 0 Å². The number of nitrogens with two attached hydrogens (primary N) is 1. The lowest BCUT2D eigenvalue weighted by Gasteiger charge is -2.28. The molecule has 0 aliphatic heterocycles. The summed E-state index contributed by atoms with van der Waals surface area (Å²) >= 11 is 0. The fourth-order valence-electron chi connectivity index (χ4n) is 1.59. The summed E-state index contributed by atoms with van der Waals surface area (Å²) in [5.41, 5.74) is 4.92. The first kappa shape index (κ1) is 10.2. The number of nitrogens with one attached hydrogen (secondary N) is 1. The van der Waals surface area contributed by atoms with Crippen LogP contribution in [0.3, 0.4) is 0 Å². The van der Waals surface area contributed by atoms with Gasteiger partial charge < -0.3 is 11.1 Å². The van der Waals surface area contributed by atoms with Crippen molar-refractivity contribution in [3.05, 3.63) is 0 Å². The Morgan fingerprint density at radius 3 is 2.46 bits per heavy atom. The topological polar surface area (TPSA) is 72.2 Å². The Kier molecular flexibility index (Phi) is 3.42. The maximum absolute atomic E-state index is 11.2. The average molecular weight is 184 g/mol. The van der Waals surface area contributed by atoms with E-state index in [2.05, 4.69) is 5.32 Å². The van der Waals surface area contributed by atoms with Crippen LogP contribution in [0.4, 0.5) is 0 Å². The third kappa shape index (κ3) is 2.52. The van der Waals surface area contributed by atoms with Gasteiger partial charge in [-0.15, -0.1) is 0 Å². The molecule has 1 amide bonds. The van der Waals surface area contributed by atoms with Crippen molar-refractivity contribution in [2.75, 3.05) is 7.05 Å². The number of ketones is 1. The average Bonchev–Trinajstić information content (AvgIpc) is 2.02. The number of hydrogen-bond acceptors (Lipinski definition) is 3. The zero-order valence-corrected chi connectivity index (χ0v) is 7.88. The van der Waals surface area contributed by atoms with Crippen LogP contribution >= 0.6 is 0 Å². The van der Waals surface area contributed by atoms with E-state index < -0.39 is 11.7 Å². The maximum atomic E-state index is 11.2. The van der Waals surface area contributed by atoms with E-state index >= 15 is 0 Å². The normalized spacial score (nSPS) is 19.2. The minimum absolute atomic E-state index is 0.372. The maximum Gasteiger partial charge on any atom is 0.286 e. The number of amides is 1. The quantitative estimate of drug-likeness (QED) is 0.582. The molecule has 1 aliphatic rings. The molecular weight excluding hydrogens is 168 g/mol. The fraction of sp³-hybridized carbons (Fsp3) is 0.778. The van der Waals surface area contributed by atoms with Crippen molar-refractivity contribution < 1.29 is 9.59 Å². The number of likely N-dealkylation sites (N-methyl/N-ethyl adjacent to an activating group) is 1. The molecule has 1 rings (SSSR count). The summed E-state index contributed by atoms with van der Waals surface area (Å²) in [4.78, 5) is 21.8. The van der Waals surface area contributed by atoms with Crippen LogP contribution in [0.25, 0.3) is 0 Å². The Bertz CT molecular complexity index is 212. The lowest BCUT2D eigenvalue weighted by molar-refractivity contribution is -0.137. The molecule has 1 atom stereocenters. The number of rotatable bonds is 5. The van der Waals surface area contributed by atoms with E-state index in [1.54, 1.807) is 7.05 Å². The smallest absolute Gasteiger partial charge is 0.286 e. The van der Waals surface area contributed by atoms with Crippen molar-refractivity contribution in [1.82, 2.24) is 5.32 Å². The highest BCUT2D eigenvalue weighted by Crippen LogP contribution is 2.30. The molecule has 1 aliphatic carbocycles. The Balaban J connectivity index is 2.41. The largest absolute Gasteiger partial charge is 0.363 e. The van der Waals surface area contributed by atoms with Gasteiger partial charge in [0.25, 0.3) is 5.91 Å². The van der Waals surface area contributed by atoms with Gasteiger partial charge in [0.2, 0.25) is 5.78 Å². The van der Waals surface area contributed by atoms with Gasteiger partial charge in [-0.2, -0.15) is 0 Å². The zero-order chi connectivity index (χ0) is 9.84. The van der Waals surface area contributed by atoms with Gasteiger partial charge in [0.05, 0.1) is 6.04 Å². The molecule has 4 heteroatoms. The standard InChI is InChI=1S/C9H16N2O2/c1-11-7(8(12)9(10)13)5-6-3-2-4-6/h6-7,11H,2-5H2,1H3,(H2,10,13). The van der Waals surface area contributed by atoms with E-state index in [-0.39, 0.29) is 6.04 Å². The van der Waals surface area contributed by atoms with E-state index in [1.807, 2.05) is 0 Å². The SMILES string of the molecule is CNC(CC1CCC1)C(=O)C(N)=O. The van der Waals surface area contributed by atoms with Crippen LogP contribution in [0.15, 0.2) is 0 Å². The number of primary amides is 1. The second-order valence-corrected chi connectivity index (χ2v) is 3.60. The van der Waals surface area contributed by atoms with Gasteiger partial charge >= 0.3 is 0 Å². The van der Waals surface area contributed by atoms with E-state index in [0.29, 0.717) is 5.92 Å². The molecule has 3 N–H and O–H groups in total. The van der Waals surface area contributed by atoms with Crippen molar-refractivity contribution in [2.24, 2.45) is 11.7 Å². The van der Waals surface area contributed by atoms with Gasteiger partial charge in [0.15, 0.2) is 0 Å². The van der Waals surface area contributed by atoms with Crippen molar-refractivity contribution in [2.45, 2.75) is 31.7 Å². The van der Waals surface area contributed by atoms with Crippen LogP contribution in [0.1, 0.15) is 25.7 Å². The minimum Gasteiger partial charge on any atom is -0.363 e. The second-order valence-electron chi connectivity index (χ2n) is 3.60. The third-order valence-electron chi connectivity index (χ3n) is 2.70. The van der Waals surface area contributed by atoms with Crippen LogP contribution in [-0.2, 0) is 9.59 Å². The van der Waals surface area contributed by atoms with E-state index in [9.17, 15) is 9.59 Å². The Hall–Kier alpha value is -0.900. The van der Waals surface area contributed by atoms with E-state index in [0.717, 1.165) is 6.42 Å². The first-order chi connectivity index (χ1) is 6.15. The molecule has 0 aromatic rings. The molecule has 1 saturated carbocycles. The molecule has 74 valence electrons. The fourth-order valence-corrected chi connectivity index (χ4v) is 1.59. The first-order valence-corrected chi connectivity index (χ1v) is 4.66. The molecule has 0 aromatic carbocycles. The van der Waals surface area contributed by atoms with Gasteiger partial charge in [-0.1, -0.05) is 19.3 Å². The number of carbonyl (C=O) groups is 2. The monoisotopic (exact) mass is 184 g/mol. The van der Waals surface area contributed by atoms with Crippen LogP contribution in [0.2, 0.25) is 0 Å². The highest BCUT2D eigenvalue weighted by molar-refractivity contribution is 6.37. The molecule has 0 aromatic heterocycles. The van der Waals surface area contributed by atoms with Crippen LogP contribution in [-0.4, -0.2) is 24.8 Å². The lowest BCUT2D eigenvalue weighted by Crippen LogP contribution is -2.43. The molecule has 0 saturated heterocycles. The molecule has 0 bridgehead atoms. The molecule has 0 radical (unpaired) electrons. The summed E-state index contributed by atoms with van der Waals surface area (Å²) in [5.74, 6) is -0.728. The van der Waals surface area contributed by atoms with Crippen molar-refractivity contribution in [3.8, 4) is 0 Å². The Labute approximate surface area is 77.9 Å². The van der Waals surface area contributed by atoms with Crippen molar-refractivity contribution in [3.63, 3.8) is 0 Å². The molecule has 13 heavy (non-hydrogen) atoms. The van der Waals surface area contributed by atoms with Crippen LogP contribution in [0, 0.1) is 5.92 Å². The third-order valence-corrected chi connectivity index (χ3v) is 2.70. The molecule has 4 nitrogen and oxygen atoms in total. The Morgan fingerprint density at radius 1 is 1.54 bits per heavy atom. The summed E-state index contributed by atoms with van der Waals surface area (Å²) in [7, 11) is 1.68. The first-order valence-electron chi connectivity index (χ1n) is 4.66. The molecule has 1 fully saturated rings. The van der Waals surface area contributed by atoms with E-state index in [4.69, 9.17) is 5.73 Å². The lowest BCUT2D eigenvalue weighted by atomic mass is 9.80. The second kappa shape index (κ2) is 4.37. The summed E-state index contributed by atoms with van der Waals surface area (Å²) < 4.78 is 0. The predicted molar refractivity (Wildman–Crippen MR) is 49.0 cm³/mol. The number of carbonyl (C=O) groups excluding carboxylic acids is 2. The van der Waals surface area contributed by atoms with Gasteiger partial charge in [-0.3, -0.25) is 9.59 Å². The minimum atomic E-state index is -0.835. The highest BCUT2D eigenvalue weighted by atomic mass is 16.2. The van der Waals surface area contributed by atoms with Gasteiger partial charge in [-0.05, 0) is 19.4 Å². The zero-order valence-electron chi connectivity index (χ0n) is 7.88. The van der Waals surface area contributed by atoms with Crippen molar-refractivity contribution in [1.29, 1.82) is 0 Å². The summed E-state index contributed by atoms with van der Waals surface area (Å²) in [5, 5.41) is 2.83. The molecular formula is C9H16N2O2. The van der Waals surface area contributed by atoms with Gasteiger partial charge in [-0.25, -0.2) is 0 Å². The van der Waals surface area contributed by atoms with Crippen LogP contribution in [0.5, 0.6) is 0 Å². The summed E-state index contributed by atoms with van der Waals surface area (Å²) in [6.07, 6.45) is 4.33. The van der Waals surface area contributed by atoms with Crippen LogP contribution < -0.4 is 11.1 Å². The van der Waals surface area contributed by atoms with Crippen molar-refractivity contribution >= 4 is 11.7 Å². The number of hydrogen-bond donors (Lipinski definition) is 2. The van der Waals surface area contributed by atoms with Gasteiger partial charge in [0.1, 0.15) is 0 Å². The Morgan fingerprint density at radius 2 is 2.15 bits per heavy atom. The summed E-state index contributed by atoms with van der Waals surface area (Å²) in [6.45, 7) is 0. The molecule has 0 spiro atoms. The summed E-state index contributed by atoms with van der Waals surface area (Å²) in [6, 6.07) is -0.372. The molecule has 1 unspecified atom stereocenters. The van der Waals surface area contributed by atoms with E-state index in [1.165, 1.54) is 19.3 Å². The molecule has 0 heterocycles. The number of Topliss-reactive ketones (excluding diaryl/α,β-unsaturated/α-hetero) is 1.